The Morgan fingerprint density at radius 1 is 1.35 bits per heavy atom. The maximum atomic E-state index is 5.95. The third kappa shape index (κ3) is 3.68. The number of anilines is 1. The zero-order valence-corrected chi connectivity index (χ0v) is 12.2. The molecule has 0 unspecified atom stereocenters. The summed E-state index contributed by atoms with van der Waals surface area (Å²) >= 11 is 5.89. The summed E-state index contributed by atoms with van der Waals surface area (Å²) in [4.78, 5) is 0. The van der Waals surface area contributed by atoms with Gasteiger partial charge in [0.1, 0.15) is 0 Å². The van der Waals surface area contributed by atoms with Gasteiger partial charge in [0.05, 0.1) is 13.2 Å². The van der Waals surface area contributed by atoms with Crippen LogP contribution in [0.1, 0.15) is 19.8 Å². The molecule has 6 nitrogen and oxygen atoms in total. The fourth-order valence-corrected chi connectivity index (χ4v) is 1.97. The SMILES string of the molecule is CCCCOCCn1nnnc1-c1ccc(Cl)cc1N. The fraction of sp³-hybridized carbons (Fsp3) is 0.462. The number of nitrogens with zero attached hydrogens (tertiary/aromatic N) is 4. The normalized spacial score (nSPS) is 10.9. The number of aromatic nitrogens is 4. The number of halogens is 1. The predicted octanol–water partition coefficient (Wildman–Crippen LogP) is 2.39. The van der Waals surface area contributed by atoms with Crippen molar-refractivity contribution in [2.24, 2.45) is 0 Å². The first kappa shape index (κ1) is 14.7. The number of rotatable bonds is 7. The van der Waals surface area contributed by atoms with Crippen LogP contribution in [0.3, 0.4) is 0 Å². The minimum Gasteiger partial charge on any atom is -0.398 e. The van der Waals surface area contributed by atoms with Crippen LogP contribution < -0.4 is 5.73 Å². The summed E-state index contributed by atoms with van der Waals surface area (Å²) in [6, 6.07) is 5.27. The Labute approximate surface area is 122 Å². The maximum Gasteiger partial charge on any atom is 0.184 e. The zero-order chi connectivity index (χ0) is 14.4. The Balaban J connectivity index is 2.04. The van der Waals surface area contributed by atoms with Gasteiger partial charge in [-0.3, -0.25) is 0 Å². The van der Waals surface area contributed by atoms with Gasteiger partial charge in [0.25, 0.3) is 0 Å². The summed E-state index contributed by atoms with van der Waals surface area (Å²) in [6.07, 6.45) is 2.18. The van der Waals surface area contributed by atoms with Crippen LogP contribution in [0.25, 0.3) is 11.4 Å². The number of ether oxygens (including phenoxy) is 1. The summed E-state index contributed by atoms with van der Waals surface area (Å²) in [5.74, 6) is 0.623. The topological polar surface area (TPSA) is 78.8 Å². The molecule has 20 heavy (non-hydrogen) atoms. The summed E-state index contributed by atoms with van der Waals surface area (Å²) in [7, 11) is 0. The lowest BCUT2D eigenvalue weighted by atomic mass is 10.1. The standard InChI is InChI=1S/C13H18ClN5O/c1-2-3-7-20-8-6-19-13(16-17-18-19)11-5-4-10(14)9-12(11)15/h4-5,9H,2-3,6-8,15H2,1H3. The first-order valence-corrected chi connectivity index (χ1v) is 6.99. The number of hydrogen-bond acceptors (Lipinski definition) is 5. The lowest BCUT2D eigenvalue weighted by Crippen LogP contribution is -2.10. The van der Waals surface area contributed by atoms with E-state index in [9.17, 15) is 0 Å². The molecule has 0 aliphatic heterocycles. The number of benzene rings is 1. The van der Waals surface area contributed by atoms with Crippen LogP contribution in [0.2, 0.25) is 5.02 Å². The Morgan fingerprint density at radius 3 is 2.95 bits per heavy atom. The molecule has 0 bridgehead atoms. The highest BCUT2D eigenvalue weighted by Gasteiger charge is 2.12. The van der Waals surface area contributed by atoms with Gasteiger partial charge < -0.3 is 10.5 Å². The molecule has 0 spiro atoms. The molecule has 2 N–H and O–H groups in total. The highest BCUT2D eigenvalue weighted by Crippen LogP contribution is 2.26. The van der Waals surface area contributed by atoms with Gasteiger partial charge in [0.2, 0.25) is 0 Å². The monoisotopic (exact) mass is 295 g/mol. The smallest absolute Gasteiger partial charge is 0.184 e. The molecule has 1 aromatic carbocycles. The van der Waals surface area contributed by atoms with Crippen LogP contribution in [0, 0.1) is 0 Å². The molecule has 108 valence electrons. The summed E-state index contributed by atoms with van der Waals surface area (Å²) in [5.41, 5.74) is 7.28. The van der Waals surface area contributed by atoms with E-state index in [1.807, 2.05) is 6.07 Å². The molecule has 1 aromatic heterocycles. The van der Waals surface area contributed by atoms with Gasteiger partial charge in [-0.15, -0.1) is 5.10 Å². The molecular formula is C13H18ClN5O. The molecule has 0 saturated carbocycles. The van der Waals surface area contributed by atoms with Crippen molar-refractivity contribution in [3.05, 3.63) is 23.2 Å². The van der Waals surface area contributed by atoms with Gasteiger partial charge >= 0.3 is 0 Å². The number of unbranched alkanes of at least 4 members (excludes halogenated alkanes) is 1. The van der Waals surface area contributed by atoms with Crippen LogP contribution >= 0.6 is 11.6 Å². The number of nitrogens with two attached hydrogens (primary N) is 1. The molecule has 0 aliphatic carbocycles. The van der Waals surface area contributed by atoms with Gasteiger partial charge in [0, 0.05) is 22.9 Å². The van der Waals surface area contributed by atoms with Crippen molar-refractivity contribution in [1.29, 1.82) is 0 Å². The van der Waals surface area contributed by atoms with E-state index >= 15 is 0 Å². The summed E-state index contributed by atoms with van der Waals surface area (Å²) < 4.78 is 7.20. The first-order chi connectivity index (χ1) is 9.72. The number of hydrogen-bond donors (Lipinski definition) is 1. The highest BCUT2D eigenvalue weighted by molar-refractivity contribution is 6.31. The number of tetrazole rings is 1. The van der Waals surface area contributed by atoms with E-state index in [2.05, 4.69) is 22.4 Å². The van der Waals surface area contributed by atoms with E-state index in [0.717, 1.165) is 25.0 Å². The lowest BCUT2D eigenvalue weighted by molar-refractivity contribution is 0.121. The van der Waals surface area contributed by atoms with Crippen LogP contribution in [0.4, 0.5) is 5.69 Å². The molecule has 2 rings (SSSR count). The van der Waals surface area contributed by atoms with Crippen molar-refractivity contribution in [3.63, 3.8) is 0 Å². The molecule has 2 aromatic rings. The van der Waals surface area contributed by atoms with Gasteiger partial charge in [-0.2, -0.15) is 0 Å². The Hall–Kier alpha value is -1.66. The third-order valence-electron chi connectivity index (χ3n) is 2.88. The largest absolute Gasteiger partial charge is 0.398 e. The maximum absolute atomic E-state index is 5.95. The Kier molecular flexibility index (Phi) is 5.31. The average Bonchev–Trinajstić information content (AvgIpc) is 2.87. The highest BCUT2D eigenvalue weighted by atomic mass is 35.5. The zero-order valence-electron chi connectivity index (χ0n) is 11.4. The number of nitrogen functional groups attached to an aromatic ring is 1. The summed E-state index contributed by atoms with van der Waals surface area (Å²) in [6.45, 7) is 4.06. The molecule has 7 heteroatoms. The molecule has 0 atom stereocenters. The molecule has 0 radical (unpaired) electrons. The third-order valence-corrected chi connectivity index (χ3v) is 3.11. The van der Waals surface area contributed by atoms with E-state index in [-0.39, 0.29) is 0 Å². The van der Waals surface area contributed by atoms with Crippen LogP contribution in [0.15, 0.2) is 18.2 Å². The predicted molar refractivity (Wildman–Crippen MR) is 78.4 cm³/mol. The van der Waals surface area contributed by atoms with Gasteiger partial charge in [-0.05, 0) is 35.0 Å². The van der Waals surface area contributed by atoms with E-state index in [4.69, 9.17) is 22.1 Å². The van der Waals surface area contributed by atoms with E-state index in [0.29, 0.717) is 29.7 Å². The van der Waals surface area contributed by atoms with Gasteiger partial charge in [-0.25, -0.2) is 4.68 Å². The van der Waals surface area contributed by atoms with Crippen molar-refractivity contribution in [2.75, 3.05) is 18.9 Å². The van der Waals surface area contributed by atoms with E-state index in [1.54, 1.807) is 16.8 Å². The molecule has 0 fully saturated rings. The van der Waals surface area contributed by atoms with Crippen molar-refractivity contribution in [1.82, 2.24) is 20.2 Å². The molecule has 0 aliphatic rings. The van der Waals surface area contributed by atoms with E-state index in [1.165, 1.54) is 0 Å². The molecule has 0 saturated heterocycles. The first-order valence-electron chi connectivity index (χ1n) is 6.61. The average molecular weight is 296 g/mol. The van der Waals surface area contributed by atoms with E-state index < -0.39 is 0 Å². The lowest BCUT2D eigenvalue weighted by Gasteiger charge is -2.07. The van der Waals surface area contributed by atoms with Crippen molar-refractivity contribution >= 4 is 17.3 Å². The minimum atomic E-state index is 0.556. The Bertz CT molecular complexity index is 557. The minimum absolute atomic E-state index is 0.556. The molecular weight excluding hydrogens is 278 g/mol. The van der Waals surface area contributed by atoms with Crippen molar-refractivity contribution in [2.45, 2.75) is 26.3 Å². The molecule has 0 amide bonds. The fourth-order valence-electron chi connectivity index (χ4n) is 1.78. The van der Waals surface area contributed by atoms with Crippen LogP contribution in [-0.4, -0.2) is 33.4 Å². The van der Waals surface area contributed by atoms with Crippen LogP contribution in [-0.2, 0) is 11.3 Å². The van der Waals surface area contributed by atoms with Crippen LogP contribution in [0.5, 0.6) is 0 Å². The second-order valence-electron chi connectivity index (χ2n) is 4.42. The quantitative estimate of drug-likeness (QED) is 0.627. The summed E-state index contributed by atoms with van der Waals surface area (Å²) in [5, 5.41) is 12.3. The van der Waals surface area contributed by atoms with Crippen molar-refractivity contribution < 1.29 is 4.74 Å². The molecule has 1 heterocycles. The second kappa shape index (κ2) is 7.21. The van der Waals surface area contributed by atoms with Gasteiger partial charge in [-0.1, -0.05) is 24.9 Å². The van der Waals surface area contributed by atoms with Crippen molar-refractivity contribution in [3.8, 4) is 11.4 Å². The van der Waals surface area contributed by atoms with Gasteiger partial charge in [0.15, 0.2) is 5.82 Å². The Morgan fingerprint density at radius 2 is 2.20 bits per heavy atom. The second-order valence-corrected chi connectivity index (χ2v) is 4.86.